The maximum atomic E-state index is 13.3. The Hall–Kier alpha value is -2.86. The Balaban J connectivity index is 1.60. The molecule has 1 aliphatic rings. The van der Waals surface area contributed by atoms with Crippen molar-refractivity contribution in [2.75, 3.05) is 13.2 Å². The van der Waals surface area contributed by atoms with Gasteiger partial charge < -0.3 is 20.0 Å². The minimum atomic E-state index is -0.569. The standard InChI is InChI=1S/C21H23N3O3/c1-14(15-7-8-17-18(13-15)24-20(26)23-17)22-19(25)21(9-11-27-12-10-21)16-5-3-2-4-6-16/h2-8,13-14H,9-12H2,1H3,(H,22,25)(H2,23,24,26). The summed E-state index contributed by atoms with van der Waals surface area (Å²) < 4.78 is 5.52. The van der Waals surface area contributed by atoms with Crippen LogP contribution in [0.2, 0.25) is 0 Å². The highest BCUT2D eigenvalue weighted by molar-refractivity contribution is 5.89. The molecule has 140 valence electrons. The molecule has 1 aromatic heterocycles. The summed E-state index contributed by atoms with van der Waals surface area (Å²) in [6, 6.07) is 15.4. The minimum absolute atomic E-state index is 0.0205. The second-order valence-corrected chi connectivity index (χ2v) is 7.14. The largest absolute Gasteiger partial charge is 0.381 e. The molecule has 1 atom stereocenters. The number of fused-ring (bicyclic) bond motifs is 1. The van der Waals surface area contributed by atoms with E-state index in [2.05, 4.69) is 15.3 Å². The smallest absolute Gasteiger partial charge is 0.323 e. The van der Waals surface area contributed by atoms with E-state index < -0.39 is 5.41 Å². The number of amides is 1. The number of benzene rings is 2. The van der Waals surface area contributed by atoms with Gasteiger partial charge >= 0.3 is 5.69 Å². The molecule has 1 unspecified atom stereocenters. The summed E-state index contributed by atoms with van der Waals surface area (Å²) in [7, 11) is 0. The summed E-state index contributed by atoms with van der Waals surface area (Å²) in [6.07, 6.45) is 1.33. The van der Waals surface area contributed by atoms with Crippen molar-refractivity contribution < 1.29 is 9.53 Å². The Morgan fingerprint density at radius 3 is 2.52 bits per heavy atom. The zero-order valence-electron chi connectivity index (χ0n) is 15.2. The van der Waals surface area contributed by atoms with Gasteiger partial charge in [-0.25, -0.2) is 4.79 Å². The molecule has 1 saturated heterocycles. The molecule has 2 aromatic carbocycles. The zero-order chi connectivity index (χ0) is 18.9. The average Bonchev–Trinajstić information content (AvgIpc) is 3.08. The van der Waals surface area contributed by atoms with Crippen LogP contribution in [0.4, 0.5) is 0 Å². The van der Waals surface area contributed by atoms with Crippen LogP contribution in [-0.4, -0.2) is 29.1 Å². The molecule has 0 spiro atoms. The van der Waals surface area contributed by atoms with Gasteiger partial charge in [-0.15, -0.1) is 0 Å². The molecule has 0 saturated carbocycles. The number of hydrogen-bond acceptors (Lipinski definition) is 3. The zero-order valence-corrected chi connectivity index (χ0v) is 15.2. The van der Waals surface area contributed by atoms with Crippen LogP contribution in [0.5, 0.6) is 0 Å². The highest BCUT2D eigenvalue weighted by Gasteiger charge is 2.42. The summed E-state index contributed by atoms with van der Waals surface area (Å²) in [5.74, 6) is 0.0205. The van der Waals surface area contributed by atoms with E-state index in [0.29, 0.717) is 26.1 Å². The maximum absolute atomic E-state index is 13.3. The van der Waals surface area contributed by atoms with Crippen LogP contribution in [-0.2, 0) is 14.9 Å². The van der Waals surface area contributed by atoms with Gasteiger partial charge in [0.15, 0.2) is 0 Å². The Morgan fingerprint density at radius 1 is 1.07 bits per heavy atom. The van der Waals surface area contributed by atoms with Gasteiger partial charge in [0.1, 0.15) is 0 Å². The molecule has 1 fully saturated rings. The Bertz CT molecular complexity index is 1000. The van der Waals surface area contributed by atoms with Gasteiger partial charge in [0.05, 0.1) is 22.5 Å². The number of aromatic amines is 2. The number of aromatic nitrogens is 2. The molecule has 0 aliphatic carbocycles. The lowest BCUT2D eigenvalue weighted by Crippen LogP contribution is -2.48. The number of carbonyl (C=O) groups excluding carboxylic acids is 1. The van der Waals surface area contributed by atoms with Crippen LogP contribution >= 0.6 is 0 Å². The van der Waals surface area contributed by atoms with E-state index in [1.165, 1.54) is 0 Å². The molecular formula is C21H23N3O3. The van der Waals surface area contributed by atoms with Crippen molar-refractivity contribution in [2.45, 2.75) is 31.2 Å². The Labute approximate surface area is 156 Å². The lowest BCUT2D eigenvalue weighted by atomic mass is 9.73. The van der Waals surface area contributed by atoms with E-state index in [-0.39, 0.29) is 17.6 Å². The summed E-state index contributed by atoms with van der Waals surface area (Å²) in [6.45, 7) is 3.11. The fraction of sp³-hybridized carbons (Fsp3) is 0.333. The molecular weight excluding hydrogens is 342 g/mol. The molecule has 6 heteroatoms. The lowest BCUT2D eigenvalue weighted by molar-refractivity contribution is -0.131. The van der Waals surface area contributed by atoms with Gasteiger partial charge in [-0.2, -0.15) is 0 Å². The Morgan fingerprint density at radius 2 is 1.78 bits per heavy atom. The molecule has 3 N–H and O–H groups in total. The fourth-order valence-corrected chi connectivity index (χ4v) is 3.86. The molecule has 27 heavy (non-hydrogen) atoms. The topological polar surface area (TPSA) is 87.0 Å². The number of nitrogens with one attached hydrogen (secondary N) is 3. The van der Waals surface area contributed by atoms with E-state index in [0.717, 1.165) is 22.2 Å². The van der Waals surface area contributed by atoms with Crippen LogP contribution < -0.4 is 11.0 Å². The Kier molecular flexibility index (Phi) is 4.58. The first-order valence-electron chi connectivity index (χ1n) is 9.25. The third kappa shape index (κ3) is 3.28. The van der Waals surface area contributed by atoms with E-state index in [4.69, 9.17) is 4.74 Å². The van der Waals surface area contributed by atoms with Gasteiger partial charge in [0.2, 0.25) is 5.91 Å². The van der Waals surface area contributed by atoms with Crippen molar-refractivity contribution in [3.05, 3.63) is 70.1 Å². The minimum Gasteiger partial charge on any atom is -0.381 e. The fourth-order valence-electron chi connectivity index (χ4n) is 3.86. The van der Waals surface area contributed by atoms with E-state index >= 15 is 0 Å². The number of ether oxygens (including phenoxy) is 1. The van der Waals surface area contributed by atoms with E-state index in [1.54, 1.807) is 0 Å². The first kappa shape index (κ1) is 17.5. The first-order valence-corrected chi connectivity index (χ1v) is 9.25. The first-order chi connectivity index (χ1) is 13.1. The van der Waals surface area contributed by atoms with Crippen LogP contribution in [0.15, 0.2) is 53.3 Å². The molecule has 0 bridgehead atoms. The molecule has 3 aromatic rings. The van der Waals surface area contributed by atoms with Gasteiger partial charge in [-0.1, -0.05) is 36.4 Å². The summed E-state index contributed by atoms with van der Waals surface area (Å²) in [4.78, 5) is 30.3. The van der Waals surface area contributed by atoms with Crippen LogP contribution in [0.25, 0.3) is 11.0 Å². The van der Waals surface area contributed by atoms with E-state index in [1.807, 2.05) is 55.5 Å². The summed E-state index contributed by atoms with van der Waals surface area (Å²) in [5.41, 5.74) is 2.67. The van der Waals surface area contributed by atoms with Crippen molar-refractivity contribution in [2.24, 2.45) is 0 Å². The SMILES string of the molecule is CC(NC(=O)C1(c2ccccc2)CCOCC1)c1ccc2[nH]c(=O)[nH]c2c1. The lowest BCUT2D eigenvalue weighted by Gasteiger charge is -2.37. The third-order valence-corrected chi connectivity index (χ3v) is 5.49. The third-order valence-electron chi connectivity index (χ3n) is 5.49. The number of hydrogen-bond donors (Lipinski definition) is 3. The predicted molar refractivity (Wildman–Crippen MR) is 104 cm³/mol. The van der Waals surface area contributed by atoms with Gasteiger partial charge in [-0.05, 0) is 43.0 Å². The highest BCUT2D eigenvalue weighted by atomic mass is 16.5. The molecule has 4 rings (SSSR count). The molecule has 1 amide bonds. The summed E-state index contributed by atoms with van der Waals surface area (Å²) in [5, 5.41) is 3.18. The van der Waals surface area contributed by atoms with Crippen molar-refractivity contribution in [3.63, 3.8) is 0 Å². The van der Waals surface area contributed by atoms with Gasteiger partial charge in [-0.3, -0.25) is 4.79 Å². The van der Waals surface area contributed by atoms with Crippen molar-refractivity contribution in [1.82, 2.24) is 15.3 Å². The second-order valence-electron chi connectivity index (χ2n) is 7.14. The van der Waals surface area contributed by atoms with Crippen LogP contribution in [0.3, 0.4) is 0 Å². The molecule has 0 radical (unpaired) electrons. The van der Waals surface area contributed by atoms with Crippen molar-refractivity contribution in [3.8, 4) is 0 Å². The average molecular weight is 365 g/mol. The second kappa shape index (κ2) is 7.04. The number of H-pyrrole nitrogens is 2. The van der Waals surface area contributed by atoms with E-state index in [9.17, 15) is 9.59 Å². The van der Waals surface area contributed by atoms with Crippen LogP contribution in [0.1, 0.15) is 36.9 Å². The molecule has 2 heterocycles. The maximum Gasteiger partial charge on any atom is 0.323 e. The van der Waals surface area contributed by atoms with Crippen molar-refractivity contribution >= 4 is 16.9 Å². The highest BCUT2D eigenvalue weighted by Crippen LogP contribution is 2.35. The number of carbonyl (C=O) groups is 1. The molecule has 6 nitrogen and oxygen atoms in total. The van der Waals surface area contributed by atoms with Gasteiger partial charge in [0.25, 0.3) is 0 Å². The molecule has 1 aliphatic heterocycles. The predicted octanol–water partition coefficient (Wildman–Crippen LogP) is 2.78. The van der Waals surface area contributed by atoms with Crippen LogP contribution in [0, 0.1) is 0 Å². The normalized spacial score (nSPS) is 17.5. The van der Waals surface area contributed by atoms with Crippen molar-refractivity contribution in [1.29, 1.82) is 0 Å². The summed E-state index contributed by atoms with van der Waals surface area (Å²) >= 11 is 0. The monoisotopic (exact) mass is 365 g/mol. The number of rotatable bonds is 4. The van der Waals surface area contributed by atoms with Gasteiger partial charge in [0, 0.05) is 13.2 Å². The number of imidazole rings is 1. The quantitative estimate of drug-likeness (QED) is 0.664.